The van der Waals surface area contributed by atoms with E-state index in [1.54, 1.807) is 0 Å². The maximum Gasteiger partial charge on any atom is 0.222 e. The Morgan fingerprint density at radius 2 is 2.42 bits per heavy atom. The molecule has 12 heavy (non-hydrogen) atoms. The van der Waals surface area contributed by atoms with E-state index in [1.807, 2.05) is 11.8 Å². The summed E-state index contributed by atoms with van der Waals surface area (Å²) in [6.07, 6.45) is 1.65. The van der Waals surface area contributed by atoms with Crippen LogP contribution >= 0.6 is 0 Å². The molecule has 0 unspecified atom stereocenters. The second-order valence-electron chi connectivity index (χ2n) is 3.39. The van der Waals surface area contributed by atoms with Crippen LogP contribution in [-0.2, 0) is 4.79 Å². The van der Waals surface area contributed by atoms with Crippen LogP contribution in [0.15, 0.2) is 0 Å². The second-order valence-corrected chi connectivity index (χ2v) is 3.39. The van der Waals surface area contributed by atoms with Crippen LogP contribution in [0.2, 0.25) is 0 Å². The molecule has 1 amide bonds. The smallest absolute Gasteiger partial charge is 0.222 e. The van der Waals surface area contributed by atoms with Crippen LogP contribution in [-0.4, -0.2) is 36.5 Å². The molecule has 1 saturated heterocycles. The molecule has 1 fully saturated rings. The van der Waals surface area contributed by atoms with E-state index in [9.17, 15) is 4.79 Å². The largest absolute Gasteiger partial charge is 0.337 e. The van der Waals surface area contributed by atoms with Gasteiger partial charge in [-0.15, -0.1) is 0 Å². The zero-order chi connectivity index (χ0) is 8.97. The predicted octanol–water partition coefficient (Wildman–Crippen LogP) is 0.607. The lowest BCUT2D eigenvalue weighted by Crippen LogP contribution is -2.52. The predicted molar refractivity (Wildman–Crippen MR) is 49.0 cm³/mol. The topological polar surface area (TPSA) is 32.3 Å². The molecular weight excluding hydrogens is 152 g/mol. The molecule has 0 aromatic rings. The molecule has 1 aliphatic heterocycles. The summed E-state index contributed by atoms with van der Waals surface area (Å²) in [5, 5.41) is 3.27. The number of carbonyl (C=O) groups excluding carboxylic acids is 1. The number of amides is 1. The maximum absolute atomic E-state index is 11.5. The lowest BCUT2D eigenvalue weighted by Gasteiger charge is -2.34. The monoisotopic (exact) mass is 170 g/mol. The molecule has 0 bridgehead atoms. The summed E-state index contributed by atoms with van der Waals surface area (Å²) < 4.78 is 0. The normalized spacial score (nSPS) is 24.2. The molecule has 1 aliphatic rings. The first-order valence-electron chi connectivity index (χ1n) is 4.76. The molecule has 3 nitrogen and oxygen atoms in total. The number of rotatable bonds is 2. The van der Waals surface area contributed by atoms with Crippen molar-refractivity contribution in [3.8, 4) is 0 Å². The zero-order valence-electron chi connectivity index (χ0n) is 7.97. The Kier molecular flexibility index (Phi) is 3.53. The van der Waals surface area contributed by atoms with Crippen molar-refractivity contribution < 1.29 is 4.79 Å². The van der Waals surface area contributed by atoms with Crippen LogP contribution in [0.4, 0.5) is 0 Å². The molecule has 0 saturated carbocycles. The first-order valence-corrected chi connectivity index (χ1v) is 4.76. The Balaban J connectivity index is 2.42. The molecule has 70 valence electrons. The summed E-state index contributed by atoms with van der Waals surface area (Å²) >= 11 is 0. The van der Waals surface area contributed by atoms with Gasteiger partial charge in [0.25, 0.3) is 0 Å². The van der Waals surface area contributed by atoms with Gasteiger partial charge in [-0.2, -0.15) is 0 Å². The van der Waals surface area contributed by atoms with Crippen molar-refractivity contribution in [2.45, 2.75) is 32.7 Å². The fourth-order valence-electron chi connectivity index (χ4n) is 1.57. The van der Waals surface area contributed by atoms with E-state index in [0.717, 1.165) is 26.1 Å². The van der Waals surface area contributed by atoms with Gasteiger partial charge in [-0.05, 0) is 13.3 Å². The molecule has 0 spiro atoms. The van der Waals surface area contributed by atoms with Crippen molar-refractivity contribution in [1.82, 2.24) is 10.2 Å². The second kappa shape index (κ2) is 4.45. The third-order valence-electron chi connectivity index (χ3n) is 2.29. The van der Waals surface area contributed by atoms with Gasteiger partial charge in [0.2, 0.25) is 5.91 Å². The molecule has 1 heterocycles. The van der Waals surface area contributed by atoms with Gasteiger partial charge in [-0.25, -0.2) is 0 Å². The molecule has 3 heteroatoms. The van der Waals surface area contributed by atoms with Gasteiger partial charge in [-0.3, -0.25) is 4.79 Å². The average Bonchev–Trinajstić information content (AvgIpc) is 2.05. The highest BCUT2D eigenvalue weighted by Gasteiger charge is 2.21. The quantitative estimate of drug-likeness (QED) is 0.658. The van der Waals surface area contributed by atoms with Gasteiger partial charge in [0.05, 0.1) is 0 Å². The first kappa shape index (κ1) is 9.52. The minimum absolute atomic E-state index is 0.312. The van der Waals surface area contributed by atoms with Crippen LogP contribution in [0, 0.1) is 0 Å². The van der Waals surface area contributed by atoms with Crippen molar-refractivity contribution in [2.24, 2.45) is 0 Å². The van der Waals surface area contributed by atoms with Crippen molar-refractivity contribution >= 4 is 5.91 Å². The number of nitrogens with zero attached hydrogens (tertiary/aromatic N) is 1. The van der Waals surface area contributed by atoms with E-state index in [2.05, 4.69) is 12.2 Å². The lowest BCUT2D eigenvalue weighted by molar-refractivity contribution is -0.133. The fraction of sp³-hybridized carbons (Fsp3) is 0.889. The van der Waals surface area contributed by atoms with Crippen LogP contribution in [0.1, 0.15) is 26.7 Å². The summed E-state index contributed by atoms with van der Waals surface area (Å²) in [6.45, 7) is 6.90. The summed E-state index contributed by atoms with van der Waals surface area (Å²) in [5.74, 6) is 0.312. The van der Waals surface area contributed by atoms with Gasteiger partial charge in [-0.1, -0.05) is 6.92 Å². The minimum atomic E-state index is 0.312. The highest BCUT2D eigenvalue weighted by Crippen LogP contribution is 2.05. The van der Waals surface area contributed by atoms with Crippen molar-refractivity contribution in [3.05, 3.63) is 0 Å². The molecule has 0 aromatic heterocycles. The van der Waals surface area contributed by atoms with E-state index in [4.69, 9.17) is 0 Å². The van der Waals surface area contributed by atoms with Gasteiger partial charge in [0.15, 0.2) is 0 Å². The molecule has 1 rings (SSSR count). The van der Waals surface area contributed by atoms with Gasteiger partial charge in [0.1, 0.15) is 0 Å². The van der Waals surface area contributed by atoms with E-state index < -0.39 is 0 Å². The Morgan fingerprint density at radius 1 is 1.67 bits per heavy atom. The molecule has 0 radical (unpaired) electrons. The average molecular weight is 170 g/mol. The zero-order valence-corrected chi connectivity index (χ0v) is 7.97. The van der Waals surface area contributed by atoms with Gasteiger partial charge < -0.3 is 10.2 Å². The highest BCUT2D eigenvalue weighted by atomic mass is 16.2. The summed E-state index contributed by atoms with van der Waals surface area (Å²) in [6, 6.07) is 0.373. The van der Waals surface area contributed by atoms with E-state index in [1.165, 1.54) is 0 Å². The van der Waals surface area contributed by atoms with Gasteiger partial charge in [0, 0.05) is 32.1 Å². The Labute approximate surface area is 74.1 Å². The third-order valence-corrected chi connectivity index (χ3v) is 2.29. The SMILES string of the molecule is CCCC(=O)N1CCNC[C@H]1C. The minimum Gasteiger partial charge on any atom is -0.337 e. The van der Waals surface area contributed by atoms with Crippen LogP contribution in [0.3, 0.4) is 0 Å². The summed E-state index contributed by atoms with van der Waals surface area (Å²) in [7, 11) is 0. The van der Waals surface area contributed by atoms with E-state index in [0.29, 0.717) is 18.4 Å². The molecule has 1 atom stereocenters. The molecule has 0 aliphatic carbocycles. The van der Waals surface area contributed by atoms with E-state index >= 15 is 0 Å². The molecular formula is C9H18N2O. The van der Waals surface area contributed by atoms with Crippen LogP contribution in [0.5, 0.6) is 0 Å². The Bertz CT molecular complexity index is 159. The summed E-state index contributed by atoms with van der Waals surface area (Å²) in [4.78, 5) is 13.5. The number of nitrogens with one attached hydrogen (secondary N) is 1. The number of hydrogen-bond acceptors (Lipinski definition) is 2. The number of piperazine rings is 1. The fourth-order valence-corrected chi connectivity index (χ4v) is 1.57. The Morgan fingerprint density at radius 3 is 3.00 bits per heavy atom. The lowest BCUT2D eigenvalue weighted by atomic mass is 10.2. The number of carbonyl (C=O) groups is 1. The van der Waals surface area contributed by atoms with Crippen LogP contribution < -0.4 is 5.32 Å². The van der Waals surface area contributed by atoms with Crippen molar-refractivity contribution in [1.29, 1.82) is 0 Å². The molecule has 0 aromatic carbocycles. The highest BCUT2D eigenvalue weighted by molar-refractivity contribution is 5.76. The Hall–Kier alpha value is -0.570. The van der Waals surface area contributed by atoms with Crippen LogP contribution in [0.25, 0.3) is 0 Å². The number of hydrogen-bond donors (Lipinski definition) is 1. The van der Waals surface area contributed by atoms with Crippen molar-refractivity contribution in [3.63, 3.8) is 0 Å². The third kappa shape index (κ3) is 2.21. The maximum atomic E-state index is 11.5. The first-order chi connectivity index (χ1) is 5.75. The molecule has 1 N–H and O–H groups in total. The van der Waals surface area contributed by atoms with Gasteiger partial charge >= 0.3 is 0 Å². The van der Waals surface area contributed by atoms with Crippen molar-refractivity contribution in [2.75, 3.05) is 19.6 Å². The standard InChI is InChI=1S/C9H18N2O/c1-3-4-9(12)11-6-5-10-7-8(11)2/h8,10H,3-7H2,1-2H3/t8-/m1/s1. The summed E-state index contributed by atoms with van der Waals surface area (Å²) in [5.41, 5.74) is 0. The van der Waals surface area contributed by atoms with E-state index in [-0.39, 0.29) is 0 Å².